The molecule has 3 aromatic carbocycles. The number of nitriles is 1. The SMILES string of the molecule is CCc1ccc2cc(C3CCc4cc(C#N)ccc4C3)ccc2c1. The summed E-state index contributed by atoms with van der Waals surface area (Å²) in [5.74, 6) is 0.584. The van der Waals surface area contributed by atoms with Crippen LogP contribution in [-0.4, -0.2) is 0 Å². The van der Waals surface area contributed by atoms with Crippen molar-refractivity contribution in [2.45, 2.75) is 38.5 Å². The number of benzene rings is 3. The zero-order valence-corrected chi connectivity index (χ0v) is 14.0. The summed E-state index contributed by atoms with van der Waals surface area (Å²) in [6, 6.07) is 22.2. The highest BCUT2D eigenvalue weighted by atomic mass is 14.3. The van der Waals surface area contributed by atoms with Gasteiger partial charge in [0.1, 0.15) is 0 Å². The largest absolute Gasteiger partial charge is 0.192 e. The van der Waals surface area contributed by atoms with Crippen molar-refractivity contribution in [3.05, 3.63) is 82.4 Å². The van der Waals surface area contributed by atoms with Gasteiger partial charge in [0.25, 0.3) is 0 Å². The second kappa shape index (κ2) is 6.13. The number of hydrogen-bond donors (Lipinski definition) is 0. The van der Waals surface area contributed by atoms with Crippen LogP contribution in [0.2, 0.25) is 0 Å². The average Bonchev–Trinajstić information content (AvgIpc) is 2.66. The summed E-state index contributed by atoms with van der Waals surface area (Å²) in [5, 5.41) is 11.7. The van der Waals surface area contributed by atoms with E-state index >= 15 is 0 Å². The second-order valence-electron chi connectivity index (χ2n) is 6.83. The van der Waals surface area contributed by atoms with Gasteiger partial charge < -0.3 is 0 Å². The van der Waals surface area contributed by atoms with Crippen molar-refractivity contribution >= 4 is 10.8 Å². The first-order valence-electron chi connectivity index (χ1n) is 8.81. The normalized spacial score (nSPS) is 16.6. The average molecular weight is 311 g/mol. The van der Waals surface area contributed by atoms with Crippen LogP contribution in [-0.2, 0) is 19.3 Å². The smallest absolute Gasteiger partial charge is 0.0991 e. The Bertz CT molecular complexity index is 946. The lowest BCUT2D eigenvalue weighted by Crippen LogP contribution is -2.13. The van der Waals surface area contributed by atoms with Gasteiger partial charge in [-0.25, -0.2) is 0 Å². The van der Waals surface area contributed by atoms with E-state index in [0.717, 1.165) is 24.8 Å². The minimum atomic E-state index is 0.584. The third kappa shape index (κ3) is 2.69. The van der Waals surface area contributed by atoms with E-state index in [2.05, 4.69) is 61.5 Å². The summed E-state index contributed by atoms with van der Waals surface area (Å²) in [7, 11) is 0. The Kier molecular flexibility index (Phi) is 3.82. The lowest BCUT2D eigenvalue weighted by Gasteiger charge is -2.25. The summed E-state index contributed by atoms with van der Waals surface area (Å²) in [6.07, 6.45) is 4.41. The molecule has 3 aromatic rings. The van der Waals surface area contributed by atoms with Gasteiger partial charge in [-0.1, -0.05) is 49.4 Å². The van der Waals surface area contributed by atoms with Crippen LogP contribution in [0.5, 0.6) is 0 Å². The molecule has 0 fully saturated rings. The molecule has 0 saturated heterocycles. The van der Waals surface area contributed by atoms with E-state index in [1.54, 1.807) is 0 Å². The minimum Gasteiger partial charge on any atom is -0.192 e. The van der Waals surface area contributed by atoms with Crippen LogP contribution in [0.4, 0.5) is 0 Å². The predicted molar refractivity (Wildman–Crippen MR) is 99.2 cm³/mol. The van der Waals surface area contributed by atoms with Gasteiger partial charge in [-0.05, 0) is 76.8 Å². The molecule has 0 spiro atoms. The first-order valence-corrected chi connectivity index (χ1v) is 8.81. The van der Waals surface area contributed by atoms with Crippen LogP contribution in [0.3, 0.4) is 0 Å². The molecule has 0 aromatic heterocycles. The van der Waals surface area contributed by atoms with Crippen molar-refractivity contribution in [2.75, 3.05) is 0 Å². The molecule has 1 aliphatic rings. The number of aryl methyl sites for hydroxylation is 2. The third-order valence-corrected chi connectivity index (χ3v) is 5.37. The fourth-order valence-corrected chi connectivity index (χ4v) is 3.90. The molecule has 0 N–H and O–H groups in total. The summed E-state index contributed by atoms with van der Waals surface area (Å²) in [5.41, 5.74) is 6.40. The second-order valence-corrected chi connectivity index (χ2v) is 6.83. The summed E-state index contributed by atoms with van der Waals surface area (Å²) in [4.78, 5) is 0. The molecule has 0 aliphatic heterocycles. The third-order valence-electron chi connectivity index (χ3n) is 5.37. The van der Waals surface area contributed by atoms with Crippen LogP contribution in [0.15, 0.2) is 54.6 Å². The van der Waals surface area contributed by atoms with E-state index < -0.39 is 0 Å². The quantitative estimate of drug-likeness (QED) is 0.609. The lowest BCUT2D eigenvalue weighted by molar-refractivity contribution is 0.585. The highest BCUT2D eigenvalue weighted by Gasteiger charge is 2.20. The fraction of sp³-hybridized carbons (Fsp3) is 0.261. The number of fused-ring (bicyclic) bond motifs is 2. The molecular weight excluding hydrogens is 290 g/mol. The van der Waals surface area contributed by atoms with Gasteiger partial charge >= 0.3 is 0 Å². The molecule has 0 saturated carbocycles. The van der Waals surface area contributed by atoms with Crippen LogP contribution in [0.25, 0.3) is 10.8 Å². The van der Waals surface area contributed by atoms with Gasteiger partial charge in [0.15, 0.2) is 0 Å². The molecule has 0 heterocycles. The van der Waals surface area contributed by atoms with Crippen molar-refractivity contribution in [1.29, 1.82) is 5.26 Å². The number of rotatable bonds is 2. The van der Waals surface area contributed by atoms with Crippen molar-refractivity contribution in [1.82, 2.24) is 0 Å². The van der Waals surface area contributed by atoms with Gasteiger partial charge in [-0.3, -0.25) is 0 Å². The van der Waals surface area contributed by atoms with Crippen molar-refractivity contribution in [3.8, 4) is 6.07 Å². The monoisotopic (exact) mass is 311 g/mol. The predicted octanol–water partition coefficient (Wildman–Crippen LogP) is 5.55. The van der Waals surface area contributed by atoms with E-state index in [1.165, 1.54) is 39.4 Å². The van der Waals surface area contributed by atoms with Gasteiger partial charge in [-0.15, -0.1) is 0 Å². The maximum absolute atomic E-state index is 9.06. The van der Waals surface area contributed by atoms with Gasteiger partial charge in [0.05, 0.1) is 11.6 Å². The van der Waals surface area contributed by atoms with Crippen molar-refractivity contribution < 1.29 is 0 Å². The fourth-order valence-electron chi connectivity index (χ4n) is 3.90. The Balaban J connectivity index is 1.64. The molecule has 1 unspecified atom stereocenters. The summed E-state index contributed by atoms with van der Waals surface area (Å²) < 4.78 is 0. The van der Waals surface area contributed by atoms with Gasteiger partial charge in [0.2, 0.25) is 0 Å². The summed E-state index contributed by atoms with van der Waals surface area (Å²) >= 11 is 0. The molecule has 0 bridgehead atoms. The molecule has 0 amide bonds. The molecule has 118 valence electrons. The van der Waals surface area contributed by atoms with Crippen LogP contribution >= 0.6 is 0 Å². The van der Waals surface area contributed by atoms with Crippen LogP contribution in [0, 0.1) is 11.3 Å². The van der Waals surface area contributed by atoms with Gasteiger partial charge in [0, 0.05) is 0 Å². The molecule has 1 aliphatic carbocycles. The molecule has 24 heavy (non-hydrogen) atoms. The topological polar surface area (TPSA) is 23.8 Å². The van der Waals surface area contributed by atoms with Crippen molar-refractivity contribution in [3.63, 3.8) is 0 Å². The van der Waals surface area contributed by atoms with Crippen molar-refractivity contribution in [2.24, 2.45) is 0 Å². The maximum atomic E-state index is 9.06. The zero-order valence-electron chi connectivity index (χ0n) is 14.0. The molecule has 4 rings (SSSR count). The van der Waals surface area contributed by atoms with Gasteiger partial charge in [-0.2, -0.15) is 5.26 Å². The number of hydrogen-bond acceptors (Lipinski definition) is 1. The molecule has 1 nitrogen and oxygen atoms in total. The molecule has 1 atom stereocenters. The lowest BCUT2D eigenvalue weighted by atomic mass is 9.79. The van der Waals surface area contributed by atoms with E-state index in [0.29, 0.717) is 5.92 Å². The Morgan fingerprint density at radius 2 is 1.79 bits per heavy atom. The minimum absolute atomic E-state index is 0.584. The molecular formula is C23H21N. The Morgan fingerprint density at radius 1 is 0.958 bits per heavy atom. The van der Waals surface area contributed by atoms with E-state index in [9.17, 15) is 0 Å². The highest BCUT2D eigenvalue weighted by Crippen LogP contribution is 2.34. The van der Waals surface area contributed by atoms with E-state index in [1.807, 2.05) is 6.07 Å². The Hall–Kier alpha value is -2.59. The summed E-state index contributed by atoms with van der Waals surface area (Å²) in [6.45, 7) is 2.20. The van der Waals surface area contributed by atoms with E-state index in [-0.39, 0.29) is 0 Å². The number of nitrogens with zero attached hydrogens (tertiary/aromatic N) is 1. The Labute approximate surface area is 143 Å². The molecule has 1 heteroatoms. The van der Waals surface area contributed by atoms with Crippen LogP contribution in [0.1, 0.15) is 47.1 Å². The standard InChI is InChI=1S/C23H21N/c1-2-16-3-5-20-13-22(9-7-18(20)11-16)23-10-8-19-12-17(15-24)4-6-21(19)14-23/h3-7,9,11-13,23H,2,8,10,14H2,1H3. The van der Waals surface area contributed by atoms with Crippen LogP contribution < -0.4 is 0 Å². The highest BCUT2D eigenvalue weighted by molar-refractivity contribution is 5.84. The molecule has 0 radical (unpaired) electrons. The Morgan fingerprint density at radius 3 is 2.62 bits per heavy atom. The maximum Gasteiger partial charge on any atom is 0.0991 e. The van der Waals surface area contributed by atoms with E-state index in [4.69, 9.17) is 5.26 Å². The first kappa shape index (κ1) is 15.0. The first-order chi connectivity index (χ1) is 11.8. The zero-order chi connectivity index (χ0) is 16.5.